The van der Waals surface area contributed by atoms with Gasteiger partial charge in [0.1, 0.15) is 90.3 Å². The second-order valence-corrected chi connectivity index (χ2v) is 36.1. The second-order valence-electron chi connectivity index (χ2n) is 35.1. The number of carboxylic acids is 1. The number of hydrogen-bond donors (Lipinski definition) is 22. The summed E-state index contributed by atoms with van der Waals surface area (Å²) in [6, 6.07) is -2.50. The Labute approximate surface area is 800 Å². The number of unbranched alkanes of at least 4 members (excludes halogenated alkanes) is 2. The summed E-state index contributed by atoms with van der Waals surface area (Å²) in [6.45, 7) is 1.02. The molecule has 7 heterocycles. The third-order valence-corrected chi connectivity index (χ3v) is 26.1. The Morgan fingerprint density at radius 1 is 0.529 bits per heavy atom. The topological polar surface area (TPSA) is 682 Å². The number of thioether (sulfide) groups is 1. The van der Waals surface area contributed by atoms with Crippen LogP contribution in [0.25, 0.3) is 21.8 Å². The Bertz CT molecular complexity index is 5310. The number of guanidine groups is 1. The molecule has 3 aromatic heterocycles. The van der Waals surface area contributed by atoms with Gasteiger partial charge in [0, 0.05) is 119 Å². The molecule has 0 aliphatic carbocycles. The van der Waals surface area contributed by atoms with Crippen LogP contribution < -0.4 is 75.7 Å². The molecule has 4 saturated heterocycles. The van der Waals surface area contributed by atoms with Gasteiger partial charge in [-0.25, -0.2) is 4.98 Å². The Hall–Kier alpha value is -13.8. The summed E-state index contributed by atoms with van der Waals surface area (Å²) in [5.74, 6) is -18.3. The van der Waals surface area contributed by atoms with Crippen LogP contribution in [0.2, 0.25) is 0 Å². The summed E-state index contributed by atoms with van der Waals surface area (Å²) >= 11 is 0.768. The van der Waals surface area contributed by atoms with E-state index in [-0.39, 0.29) is 121 Å². The minimum atomic E-state index is -1.91. The predicted molar refractivity (Wildman–Crippen MR) is 504 cm³/mol. The Morgan fingerprint density at radius 3 is 1.65 bits per heavy atom. The smallest absolute Gasteiger partial charge is 0.305 e. The van der Waals surface area contributed by atoms with Gasteiger partial charge in [0.15, 0.2) is 5.96 Å². The lowest BCUT2D eigenvalue weighted by Gasteiger charge is -2.38. The largest absolute Gasteiger partial charge is 0.508 e. The van der Waals surface area contributed by atoms with Crippen molar-refractivity contribution in [1.29, 1.82) is 5.41 Å². The van der Waals surface area contributed by atoms with E-state index in [1.54, 1.807) is 60.9 Å². The monoisotopic (exact) mass is 1940 g/mol. The second kappa shape index (κ2) is 51.4. The highest BCUT2D eigenvalue weighted by Crippen LogP contribution is 2.29. The van der Waals surface area contributed by atoms with E-state index < -0.39 is 241 Å². The standard InChI is InChI=1S/C92H128N24O21S/c1-5-7-24-70-83(129)104-61(23-16-33-98-92(95)96)79(125)111-69(78(124)101-45-75(94)120)48-138-49-76(121)103-65(36-51-28-30-55(118)31-29-51)89(135)114-34-14-13-26-71(114)85(131)109-67(41-77(122)123)90(136)115-35-17-27-72(115)84(130)107-64(39-54-44-97-50-102-54)81(127)105-62(22-15-32-93)88(134)116-46-56(119)40-74(116)86(132)106-63(37-52-42-99-59-20-11-9-18-57(52)59)80(126)110-68(47-117)82(128)108-66(38-53-43-100-60-21-12-10-19-58(53)60)87(133)113(4)73(25-8-6-2)91(137)112(70)3/h9-12,18-21,28-31,42-44,50,56,61-74,99-100,117-119H,5-8,13-17,22-27,32-41,45-49,93H2,1-4H3,(H2,94,120)(H,97,102)(H,101,124)(H,103,121)(H,104,129)(H,105,127)(H,106,132)(H,107,130)(H,108,128)(H,109,131)(H,110,126)(H,111,125)(H,122,123)(H4,95,96,98)/t56-,61+,62+,63-,64?,65+,66+,67-,68+,69-,70-,71?,72+,73-,74?/m1/s1. The number of likely N-dealkylation sites (N-methyl/N-ethyl adjacent to an activating group) is 2. The van der Waals surface area contributed by atoms with Crippen molar-refractivity contribution >= 4 is 140 Å². The molecule has 3 aromatic carbocycles. The average molecular weight is 1940 g/mol. The van der Waals surface area contributed by atoms with Crippen molar-refractivity contribution in [2.24, 2.45) is 17.2 Å². The summed E-state index contributed by atoms with van der Waals surface area (Å²) in [5.41, 5.74) is 20.0. The summed E-state index contributed by atoms with van der Waals surface area (Å²) in [6.07, 6.45) is 3.86. The van der Waals surface area contributed by atoms with Gasteiger partial charge in [-0.1, -0.05) is 88.1 Å². The number of aliphatic carboxylic acids is 1. The van der Waals surface area contributed by atoms with Crippen LogP contribution in [0.5, 0.6) is 5.75 Å². The number of carbonyl (C=O) groups is 17. The fraction of sp³-hybridized carbons (Fsp3) is 0.533. The van der Waals surface area contributed by atoms with Crippen LogP contribution in [-0.4, -0.2) is 333 Å². The van der Waals surface area contributed by atoms with Crippen molar-refractivity contribution < 1.29 is 102 Å². The number of rotatable bonds is 27. The van der Waals surface area contributed by atoms with Gasteiger partial charge in [-0.3, -0.25) is 86.9 Å². The van der Waals surface area contributed by atoms with Gasteiger partial charge < -0.3 is 136 Å². The fourth-order valence-corrected chi connectivity index (χ4v) is 18.5. The van der Waals surface area contributed by atoms with E-state index in [9.17, 15) is 49.2 Å². The van der Waals surface area contributed by atoms with Gasteiger partial charge in [0.2, 0.25) is 94.5 Å². The molecule has 6 aromatic rings. The fourth-order valence-electron chi connectivity index (χ4n) is 17.7. The molecule has 4 aliphatic rings. The third kappa shape index (κ3) is 29.2. The highest BCUT2D eigenvalue weighted by molar-refractivity contribution is 8.00. The lowest BCUT2D eigenvalue weighted by molar-refractivity contribution is -0.149. The average Bonchev–Trinajstić information content (AvgIpc) is 1.67. The number of aromatic amines is 3. The molecule has 3 unspecified atom stereocenters. The quantitative estimate of drug-likeness (QED) is 0.0138. The number of amides is 16. The van der Waals surface area contributed by atoms with Gasteiger partial charge in [0.25, 0.3) is 0 Å². The molecule has 4 aliphatic heterocycles. The Balaban J connectivity index is 1.03. The normalized spacial score (nSPS) is 24.9. The zero-order valence-electron chi connectivity index (χ0n) is 77.7. The number of benzene rings is 3. The van der Waals surface area contributed by atoms with Crippen LogP contribution in [-0.2, 0) is 107 Å². The number of aliphatic hydroxyl groups excluding tert-OH is 2. The van der Waals surface area contributed by atoms with Gasteiger partial charge >= 0.3 is 5.97 Å². The third-order valence-electron chi connectivity index (χ3n) is 25.1. The molecule has 45 nitrogen and oxygen atoms in total. The first kappa shape index (κ1) is 106. The zero-order chi connectivity index (χ0) is 100.0. The number of carbonyl (C=O) groups excluding carboxylic acids is 16. The lowest BCUT2D eigenvalue weighted by atomic mass is 9.97. The number of phenolic OH excluding ortho intramolecular Hbond substituents is 1. The molecule has 748 valence electrons. The number of carboxylic acid groups (broad SMARTS) is 1. The number of H-pyrrole nitrogens is 3. The molecule has 0 bridgehead atoms. The number of para-hydroxylation sites is 2. The number of aliphatic hydroxyl groups is 2. The maximum Gasteiger partial charge on any atom is 0.305 e. The zero-order valence-corrected chi connectivity index (χ0v) is 78.5. The minimum absolute atomic E-state index is 0.0174. The van der Waals surface area contributed by atoms with Gasteiger partial charge in [-0.2, -0.15) is 0 Å². The molecule has 15 atom stereocenters. The summed E-state index contributed by atoms with van der Waals surface area (Å²) in [7, 11) is 2.68. The minimum Gasteiger partial charge on any atom is -0.508 e. The van der Waals surface area contributed by atoms with Gasteiger partial charge in [-0.15, -0.1) is 11.8 Å². The van der Waals surface area contributed by atoms with E-state index >= 15 is 52.7 Å². The Morgan fingerprint density at radius 2 is 1.05 bits per heavy atom. The molecular formula is C92H128N24O21S. The SMILES string of the molecule is CCCC[C@@H]1C(=O)N(C)[C@H](CCCC)C(=O)N[C@@H](CCCNC(=N)N)C(=O)N[C@@H](C(=O)NCC(N)=O)CSCC(=O)N[C@@H](Cc2ccc(O)cc2)C(=O)N2CCCCC2C(=O)N[C@H](CC(=O)O)C(=O)N2CCC[C@H]2C(=O)NC(Cc2c[nH]cn2)C(=O)N[C@@H](CCCN)C(=O)N2C[C@H](O)CC2C(=O)N[C@H](Cc2c[nH]c3ccccc23)C(=O)N[C@@H](CO)C(=O)N[C@@H](Cc2c[nH]c3ccccc23)C(=O)N1C. The molecule has 10 rings (SSSR count). The van der Waals surface area contributed by atoms with E-state index in [1.807, 2.05) is 13.8 Å². The number of hydrogen-bond acceptors (Lipinski definition) is 24. The van der Waals surface area contributed by atoms with Crippen molar-refractivity contribution in [3.63, 3.8) is 0 Å². The van der Waals surface area contributed by atoms with Crippen molar-refractivity contribution in [1.82, 2.24) is 103 Å². The number of phenols is 1. The maximum atomic E-state index is 15.8. The number of primary amides is 1. The van der Waals surface area contributed by atoms with Gasteiger partial charge in [0.05, 0.1) is 43.5 Å². The van der Waals surface area contributed by atoms with E-state index in [2.05, 4.69) is 78.4 Å². The van der Waals surface area contributed by atoms with E-state index in [0.717, 1.165) is 31.4 Å². The number of imidazole rings is 1. The summed E-state index contributed by atoms with van der Waals surface area (Å²) in [4.78, 5) is 271. The number of nitrogens with two attached hydrogens (primary N) is 3. The van der Waals surface area contributed by atoms with Crippen LogP contribution in [0.4, 0.5) is 0 Å². The molecule has 0 saturated carbocycles. The highest BCUT2D eigenvalue weighted by Gasteiger charge is 2.47. The molecule has 25 N–H and O–H groups in total. The molecule has 46 heteroatoms. The molecule has 138 heavy (non-hydrogen) atoms. The first-order chi connectivity index (χ1) is 66.1. The predicted octanol–water partition coefficient (Wildman–Crippen LogP) is -3.10. The molecular weight excluding hydrogens is 1810 g/mol. The number of aromatic hydroxyl groups is 1. The highest BCUT2D eigenvalue weighted by atomic mass is 32.2. The van der Waals surface area contributed by atoms with Crippen LogP contribution >= 0.6 is 11.8 Å². The lowest BCUT2D eigenvalue weighted by Crippen LogP contribution is -2.62. The number of nitrogens with one attached hydrogen (secondary N) is 15. The molecule has 16 amide bonds. The van der Waals surface area contributed by atoms with Crippen LogP contribution in [0, 0.1) is 5.41 Å². The first-order valence-corrected chi connectivity index (χ1v) is 47.7. The van der Waals surface area contributed by atoms with Crippen LogP contribution in [0.3, 0.4) is 0 Å². The van der Waals surface area contributed by atoms with Crippen LogP contribution in [0.15, 0.2) is 97.7 Å². The van der Waals surface area contributed by atoms with E-state index in [4.69, 9.17) is 22.6 Å². The number of aromatic nitrogens is 4. The molecule has 0 spiro atoms. The summed E-state index contributed by atoms with van der Waals surface area (Å²) in [5, 5.41) is 81.6. The van der Waals surface area contributed by atoms with Crippen LogP contribution in [0.1, 0.15) is 145 Å². The van der Waals surface area contributed by atoms with Crippen molar-refractivity contribution in [2.75, 3.05) is 71.5 Å². The molecule has 4 fully saturated rings. The maximum absolute atomic E-state index is 15.8. The van der Waals surface area contributed by atoms with Crippen molar-refractivity contribution in [3.05, 3.63) is 120 Å². The van der Waals surface area contributed by atoms with E-state index in [0.29, 0.717) is 77.0 Å². The summed E-state index contributed by atoms with van der Waals surface area (Å²) < 4.78 is 0. The van der Waals surface area contributed by atoms with Gasteiger partial charge in [-0.05, 0) is 118 Å². The number of piperidine rings is 1. The van der Waals surface area contributed by atoms with Crippen molar-refractivity contribution in [3.8, 4) is 5.75 Å². The number of nitrogens with zero attached hydrogens (tertiary/aromatic N) is 6. The Kier molecular flexibility index (Phi) is 39.6. The first-order valence-electron chi connectivity index (χ1n) is 46.6. The van der Waals surface area contributed by atoms with E-state index in [1.165, 1.54) is 55.8 Å². The number of fused-ring (bicyclic) bond motifs is 5. The molecule has 0 radical (unpaired) electrons. The van der Waals surface area contributed by atoms with Crippen molar-refractivity contribution in [2.45, 2.75) is 239 Å².